The van der Waals surface area contributed by atoms with Crippen molar-refractivity contribution < 1.29 is 0 Å². The summed E-state index contributed by atoms with van der Waals surface area (Å²) >= 11 is 3.70. The third-order valence-electron chi connectivity index (χ3n) is 6.14. The smallest absolute Gasteiger partial charge is 0.0856 e. The van der Waals surface area contributed by atoms with Crippen molar-refractivity contribution in [3.05, 3.63) is 70.2 Å². The topological polar surface area (TPSA) is 27.0 Å². The Bertz CT molecular complexity index is 781. The molecule has 0 aliphatic carbocycles. The molecular formula is C26H35BrN2. The van der Waals surface area contributed by atoms with Crippen LogP contribution >= 0.6 is 15.9 Å². The zero-order valence-corrected chi connectivity index (χ0v) is 20.0. The van der Waals surface area contributed by atoms with Crippen LogP contribution in [0.4, 0.5) is 0 Å². The molecule has 29 heavy (non-hydrogen) atoms. The molecule has 0 saturated heterocycles. The fraction of sp³-hybridized carbons (Fsp3) is 0.500. The quantitative estimate of drug-likeness (QED) is 0.355. The van der Waals surface area contributed by atoms with E-state index in [1.807, 2.05) is 12.1 Å². The molecule has 3 heteroatoms. The third-order valence-corrected chi connectivity index (χ3v) is 6.83. The number of nitriles is 1. The van der Waals surface area contributed by atoms with Gasteiger partial charge in [-0.15, -0.1) is 0 Å². The third kappa shape index (κ3) is 5.93. The van der Waals surface area contributed by atoms with E-state index in [2.05, 4.69) is 97.1 Å². The first-order valence-corrected chi connectivity index (χ1v) is 11.7. The summed E-state index contributed by atoms with van der Waals surface area (Å²) < 4.78 is 1.04. The van der Waals surface area contributed by atoms with Crippen LogP contribution in [0.2, 0.25) is 0 Å². The minimum absolute atomic E-state index is 0.248. The number of hydrogen-bond acceptors (Lipinski definition) is 2. The molecule has 2 atom stereocenters. The first-order valence-electron chi connectivity index (χ1n) is 10.9. The van der Waals surface area contributed by atoms with Gasteiger partial charge in [0.15, 0.2) is 0 Å². The molecule has 0 fully saturated rings. The molecule has 0 saturated carbocycles. The predicted molar refractivity (Wildman–Crippen MR) is 127 cm³/mol. The Hall–Kier alpha value is -1.63. The summed E-state index contributed by atoms with van der Waals surface area (Å²) in [7, 11) is 0. The van der Waals surface area contributed by atoms with Gasteiger partial charge in [-0.25, -0.2) is 0 Å². The van der Waals surface area contributed by atoms with Gasteiger partial charge in [0.05, 0.1) is 11.5 Å². The first-order chi connectivity index (χ1) is 14.0. The molecule has 2 rings (SSSR count). The Morgan fingerprint density at radius 3 is 2.24 bits per heavy atom. The molecule has 0 heterocycles. The molecule has 0 N–H and O–H groups in total. The van der Waals surface area contributed by atoms with E-state index in [9.17, 15) is 5.26 Å². The monoisotopic (exact) mass is 454 g/mol. The molecule has 2 aromatic rings. The molecule has 0 bridgehead atoms. The predicted octanol–water partition coefficient (Wildman–Crippen LogP) is 7.34. The molecular weight excluding hydrogens is 420 g/mol. The van der Waals surface area contributed by atoms with Crippen LogP contribution in [0.15, 0.2) is 59.1 Å². The summed E-state index contributed by atoms with van der Waals surface area (Å²) in [5.74, 6) is 0.248. The molecule has 0 aromatic heterocycles. The average Bonchev–Trinajstić information content (AvgIpc) is 2.73. The van der Waals surface area contributed by atoms with Crippen molar-refractivity contribution in [1.82, 2.24) is 4.90 Å². The van der Waals surface area contributed by atoms with E-state index in [0.717, 1.165) is 48.8 Å². The summed E-state index contributed by atoms with van der Waals surface area (Å²) in [6.07, 6.45) is 4.14. The average molecular weight is 455 g/mol. The second-order valence-corrected chi connectivity index (χ2v) is 9.13. The lowest BCUT2D eigenvalue weighted by atomic mass is 9.69. The number of halogens is 1. The number of benzene rings is 2. The van der Waals surface area contributed by atoms with E-state index in [-0.39, 0.29) is 5.92 Å². The normalized spacial score (nSPS) is 14.6. The van der Waals surface area contributed by atoms with E-state index >= 15 is 0 Å². The number of nitrogens with zero attached hydrogens (tertiary/aromatic N) is 2. The Morgan fingerprint density at radius 2 is 1.69 bits per heavy atom. The van der Waals surface area contributed by atoms with Gasteiger partial charge in [0, 0.05) is 17.1 Å². The van der Waals surface area contributed by atoms with Crippen LogP contribution in [0, 0.1) is 17.2 Å². The van der Waals surface area contributed by atoms with E-state index in [1.165, 1.54) is 5.56 Å². The van der Waals surface area contributed by atoms with E-state index in [1.54, 1.807) is 0 Å². The van der Waals surface area contributed by atoms with Crippen molar-refractivity contribution in [2.24, 2.45) is 5.92 Å². The Labute approximate surface area is 186 Å². The first kappa shape index (κ1) is 23.6. The zero-order chi connectivity index (χ0) is 21.3. The Balaban J connectivity index is 2.24. The van der Waals surface area contributed by atoms with Gasteiger partial charge in [0.25, 0.3) is 0 Å². The highest BCUT2D eigenvalue weighted by Crippen LogP contribution is 2.41. The second-order valence-electron chi connectivity index (χ2n) is 8.27. The Morgan fingerprint density at radius 1 is 1.03 bits per heavy atom. The lowest BCUT2D eigenvalue weighted by molar-refractivity contribution is 0.160. The maximum atomic E-state index is 10.3. The van der Waals surface area contributed by atoms with E-state index in [0.29, 0.717) is 6.04 Å². The fourth-order valence-electron chi connectivity index (χ4n) is 4.34. The largest absolute Gasteiger partial charge is 0.296 e. The summed E-state index contributed by atoms with van der Waals surface area (Å²) in [5, 5.41) is 10.3. The molecule has 0 amide bonds. The zero-order valence-electron chi connectivity index (χ0n) is 18.4. The van der Waals surface area contributed by atoms with Crippen LogP contribution in [0.1, 0.15) is 64.5 Å². The van der Waals surface area contributed by atoms with Crippen LogP contribution in [0.3, 0.4) is 0 Å². The summed E-state index contributed by atoms with van der Waals surface area (Å²) in [6, 6.07) is 22.2. The van der Waals surface area contributed by atoms with Crippen LogP contribution in [-0.2, 0) is 12.0 Å². The van der Waals surface area contributed by atoms with E-state index < -0.39 is 5.41 Å². The highest BCUT2D eigenvalue weighted by Gasteiger charge is 2.38. The molecule has 2 aromatic carbocycles. The lowest BCUT2D eigenvalue weighted by Gasteiger charge is -2.36. The van der Waals surface area contributed by atoms with E-state index in [4.69, 9.17) is 0 Å². The maximum absolute atomic E-state index is 10.3. The number of hydrogen-bond donors (Lipinski definition) is 0. The highest BCUT2D eigenvalue weighted by atomic mass is 79.9. The molecule has 0 spiro atoms. The van der Waals surface area contributed by atoms with Gasteiger partial charge in [-0.05, 0) is 55.3 Å². The van der Waals surface area contributed by atoms with Crippen molar-refractivity contribution in [3.8, 4) is 6.07 Å². The maximum Gasteiger partial charge on any atom is 0.0856 e. The van der Waals surface area contributed by atoms with Gasteiger partial charge in [0.2, 0.25) is 0 Å². The minimum Gasteiger partial charge on any atom is -0.296 e. The molecule has 0 aliphatic heterocycles. The lowest BCUT2D eigenvalue weighted by Crippen LogP contribution is -2.38. The summed E-state index contributed by atoms with van der Waals surface area (Å²) in [4.78, 5) is 2.61. The molecule has 0 radical (unpaired) electrons. The molecule has 156 valence electrons. The Kier molecular flexibility index (Phi) is 9.40. The van der Waals surface area contributed by atoms with Gasteiger partial charge in [-0.2, -0.15) is 5.26 Å². The van der Waals surface area contributed by atoms with Gasteiger partial charge in [-0.3, -0.25) is 4.90 Å². The van der Waals surface area contributed by atoms with Crippen LogP contribution < -0.4 is 0 Å². The summed E-state index contributed by atoms with van der Waals surface area (Å²) in [6.45, 7) is 10.9. The molecule has 2 nitrogen and oxygen atoms in total. The van der Waals surface area contributed by atoms with Gasteiger partial charge < -0.3 is 0 Å². The fourth-order valence-corrected chi connectivity index (χ4v) is 4.98. The second kappa shape index (κ2) is 11.5. The minimum atomic E-state index is -0.474. The van der Waals surface area contributed by atoms with Crippen molar-refractivity contribution in [2.45, 2.75) is 71.4 Å². The van der Waals surface area contributed by atoms with Gasteiger partial charge >= 0.3 is 0 Å². The highest BCUT2D eigenvalue weighted by molar-refractivity contribution is 9.10. The number of rotatable bonds is 11. The molecule has 0 aliphatic rings. The van der Waals surface area contributed by atoms with Gasteiger partial charge in [-0.1, -0.05) is 92.2 Å². The molecule has 2 unspecified atom stereocenters. The SMILES string of the molecule is CCCN(Cc1ccccc1)C(CC)CCC(C#N)(c1ccccc1Br)C(C)C. The van der Waals surface area contributed by atoms with Crippen molar-refractivity contribution in [2.75, 3.05) is 6.54 Å². The van der Waals surface area contributed by atoms with Crippen LogP contribution in [0.25, 0.3) is 0 Å². The van der Waals surface area contributed by atoms with Crippen molar-refractivity contribution >= 4 is 15.9 Å². The summed E-state index contributed by atoms with van der Waals surface area (Å²) in [5.41, 5.74) is 2.01. The van der Waals surface area contributed by atoms with Crippen molar-refractivity contribution in [3.63, 3.8) is 0 Å². The van der Waals surface area contributed by atoms with Crippen molar-refractivity contribution in [1.29, 1.82) is 5.26 Å². The van der Waals surface area contributed by atoms with Gasteiger partial charge in [0.1, 0.15) is 0 Å². The standard InChI is InChI=1S/C26H35BrN2/c1-5-18-29(19-22-12-8-7-9-13-22)23(6-2)16-17-26(20-28,21(3)4)24-14-10-11-15-25(24)27/h7-15,21,23H,5-6,16-19H2,1-4H3. The van der Waals surface area contributed by atoms with Crippen LogP contribution in [0.5, 0.6) is 0 Å². The van der Waals surface area contributed by atoms with Crippen LogP contribution in [-0.4, -0.2) is 17.5 Å².